The molecule has 0 unspecified atom stereocenters. The van der Waals surface area contributed by atoms with Crippen LogP contribution in [0.3, 0.4) is 0 Å². The zero-order chi connectivity index (χ0) is 7.28. The van der Waals surface area contributed by atoms with E-state index in [4.69, 9.17) is 6.92 Å². The van der Waals surface area contributed by atoms with Gasteiger partial charge in [0.05, 0.1) is 6.92 Å². The van der Waals surface area contributed by atoms with Gasteiger partial charge in [0.25, 0.3) is 0 Å². The number of amides is 1. The third-order valence-corrected chi connectivity index (χ3v) is 1.19. The standard InChI is InChI=1S/C7H13NO/c1-4-6-8(5-2)7(3)9/h3H,4-6H2,1-2H3. The van der Waals surface area contributed by atoms with Crippen molar-refractivity contribution in [3.63, 3.8) is 0 Å². The van der Waals surface area contributed by atoms with Crippen molar-refractivity contribution in [3.05, 3.63) is 6.92 Å². The average molecular weight is 127 g/mol. The predicted octanol–water partition coefficient (Wildman–Crippen LogP) is 0.956. The lowest BCUT2D eigenvalue weighted by Gasteiger charge is -2.16. The van der Waals surface area contributed by atoms with Crippen molar-refractivity contribution >= 4 is 5.91 Å². The van der Waals surface area contributed by atoms with Crippen LogP contribution in [0.1, 0.15) is 20.3 Å². The maximum absolute atomic E-state index is 10.5. The SMILES string of the molecule is [CH]C(=O)N(CC)CCC. The lowest BCUT2D eigenvalue weighted by Crippen LogP contribution is -2.29. The minimum atomic E-state index is -0.320. The summed E-state index contributed by atoms with van der Waals surface area (Å²) in [6.07, 6.45) is 0.969. The maximum Gasteiger partial charge on any atom is 0.227 e. The van der Waals surface area contributed by atoms with Crippen LogP contribution in [0, 0.1) is 6.92 Å². The summed E-state index contributed by atoms with van der Waals surface area (Å²) in [5.41, 5.74) is 0. The molecule has 0 aliphatic rings. The zero-order valence-corrected chi connectivity index (χ0v) is 6.05. The van der Waals surface area contributed by atoms with E-state index < -0.39 is 0 Å². The van der Waals surface area contributed by atoms with Gasteiger partial charge >= 0.3 is 0 Å². The van der Waals surface area contributed by atoms with E-state index in [1.54, 1.807) is 4.90 Å². The predicted molar refractivity (Wildman–Crippen MR) is 36.8 cm³/mol. The van der Waals surface area contributed by atoms with Crippen molar-refractivity contribution in [1.29, 1.82) is 0 Å². The minimum Gasteiger partial charge on any atom is -0.343 e. The zero-order valence-electron chi connectivity index (χ0n) is 6.05. The van der Waals surface area contributed by atoms with Gasteiger partial charge in [-0.15, -0.1) is 0 Å². The summed E-state index contributed by atoms with van der Waals surface area (Å²) in [5.74, 6) is -0.320. The first-order valence-electron chi connectivity index (χ1n) is 3.26. The molecule has 0 fully saturated rings. The monoisotopic (exact) mass is 127 g/mol. The van der Waals surface area contributed by atoms with E-state index in [2.05, 4.69) is 0 Å². The van der Waals surface area contributed by atoms with Gasteiger partial charge in [0, 0.05) is 13.1 Å². The van der Waals surface area contributed by atoms with Crippen LogP contribution >= 0.6 is 0 Å². The lowest BCUT2D eigenvalue weighted by molar-refractivity contribution is -0.126. The number of hydrogen-bond donors (Lipinski definition) is 0. The number of rotatable bonds is 3. The van der Waals surface area contributed by atoms with Gasteiger partial charge in [0.15, 0.2) is 0 Å². The minimum absolute atomic E-state index is 0.320. The van der Waals surface area contributed by atoms with Gasteiger partial charge in [0.2, 0.25) is 5.91 Å². The smallest absolute Gasteiger partial charge is 0.227 e. The van der Waals surface area contributed by atoms with Crippen LogP contribution in [-0.2, 0) is 4.79 Å². The summed E-state index contributed by atoms with van der Waals surface area (Å²) in [5, 5.41) is 0. The Hall–Kier alpha value is -0.530. The molecule has 1 amide bonds. The van der Waals surface area contributed by atoms with E-state index >= 15 is 0 Å². The molecule has 0 aromatic heterocycles. The van der Waals surface area contributed by atoms with Gasteiger partial charge in [-0.3, -0.25) is 4.79 Å². The quantitative estimate of drug-likeness (QED) is 0.553. The molecule has 0 bridgehead atoms. The van der Waals surface area contributed by atoms with Crippen LogP contribution in [-0.4, -0.2) is 23.9 Å². The Morgan fingerprint density at radius 3 is 2.22 bits per heavy atom. The summed E-state index contributed by atoms with van der Waals surface area (Å²) in [7, 11) is 0. The van der Waals surface area contributed by atoms with Gasteiger partial charge in [-0.05, 0) is 13.3 Å². The van der Waals surface area contributed by atoms with E-state index in [0.29, 0.717) is 6.54 Å². The second kappa shape index (κ2) is 4.36. The first kappa shape index (κ1) is 8.47. The van der Waals surface area contributed by atoms with Gasteiger partial charge in [-0.25, -0.2) is 0 Å². The van der Waals surface area contributed by atoms with Crippen molar-refractivity contribution in [1.82, 2.24) is 4.90 Å². The van der Waals surface area contributed by atoms with Crippen LogP contribution in [0.2, 0.25) is 0 Å². The molecule has 0 saturated carbocycles. The Kier molecular flexibility index (Phi) is 4.10. The summed E-state index contributed by atoms with van der Waals surface area (Å²) in [6, 6.07) is 0. The fourth-order valence-electron chi connectivity index (χ4n) is 0.694. The highest BCUT2D eigenvalue weighted by Gasteiger charge is 2.02. The molecule has 2 heteroatoms. The topological polar surface area (TPSA) is 20.3 Å². The average Bonchev–Trinajstić information content (AvgIpc) is 1.82. The van der Waals surface area contributed by atoms with Crippen LogP contribution in [0.5, 0.6) is 0 Å². The van der Waals surface area contributed by atoms with Crippen molar-refractivity contribution in [2.45, 2.75) is 20.3 Å². The third-order valence-electron chi connectivity index (χ3n) is 1.19. The molecule has 0 aliphatic heterocycles. The maximum atomic E-state index is 10.5. The molecule has 0 aromatic carbocycles. The highest BCUT2D eigenvalue weighted by molar-refractivity contribution is 5.80. The molecule has 0 rings (SSSR count). The molecule has 2 radical (unpaired) electrons. The molecule has 0 saturated heterocycles. The Morgan fingerprint density at radius 2 is 2.11 bits per heavy atom. The van der Waals surface area contributed by atoms with Gasteiger partial charge in [0.1, 0.15) is 0 Å². The summed E-state index contributed by atoms with van der Waals surface area (Å²) in [6.45, 7) is 10.4. The van der Waals surface area contributed by atoms with E-state index in [0.717, 1.165) is 13.0 Å². The van der Waals surface area contributed by atoms with Gasteiger partial charge < -0.3 is 4.90 Å². The Balaban J connectivity index is 3.54. The molecule has 0 N–H and O–H groups in total. The molecule has 9 heavy (non-hydrogen) atoms. The number of carbonyl (C=O) groups is 1. The molecular weight excluding hydrogens is 114 g/mol. The van der Waals surface area contributed by atoms with Gasteiger partial charge in [-0.1, -0.05) is 6.92 Å². The molecule has 0 atom stereocenters. The fraction of sp³-hybridized carbons (Fsp3) is 0.714. The third kappa shape index (κ3) is 3.12. The highest BCUT2D eigenvalue weighted by atomic mass is 16.2. The van der Waals surface area contributed by atoms with E-state index in [1.165, 1.54) is 0 Å². The lowest BCUT2D eigenvalue weighted by atomic mass is 10.4. The first-order chi connectivity index (χ1) is 4.22. The second-order valence-electron chi connectivity index (χ2n) is 1.92. The molecule has 0 spiro atoms. The fourth-order valence-corrected chi connectivity index (χ4v) is 0.694. The van der Waals surface area contributed by atoms with E-state index in [-0.39, 0.29) is 5.91 Å². The van der Waals surface area contributed by atoms with Gasteiger partial charge in [-0.2, -0.15) is 0 Å². The summed E-state index contributed by atoms with van der Waals surface area (Å²) < 4.78 is 0. The Morgan fingerprint density at radius 1 is 1.56 bits per heavy atom. The Bertz CT molecular complexity index is 90.9. The summed E-state index contributed by atoms with van der Waals surface area (Å²) in [4.78, 5) is 12.1. The molecule has 52 valence electrons. The summed E-state index contributed by atoms with van der Waals surface area (Å²) >= 11 is 0. The van der Waals surface area contributed by atoms with E-state index in [9.17, 15) is 4.79 Å². The van der Waals surface area contributed by atoms with Crippen LogP contribution in [0.15, 0.2) is 0 Å². The van der Waals surface area contributed by atoms with Crippen LogP contribution in [0.4, 0.5) is 0 Å². The first-order valence-corrected chi connectivity index (χ1v) is 3.26. The molecule has 0 aliphatic carbocycles. The van der Waals surface area contributed by atoms with Crippen molar-refractivity contribution in [3.8, 4) is 0 Å². The number of nitrogens with zero attached hydrogens (tertiary/aromatic N) is 1. The Labute approximate surface area is 56.9 Å². The normalized spacial score (nSPS) is 9.22. The molecular formula is C7H13NO. The largest absolute Gasteiger partial charge is 0.343 e. The molecule has 0 heterocycles. The highest BCUT2D eigenvalue weighted by Crippen LogP contribution is 1.89. The number of carbonyl (C=O) groups excluding carboxylic acids is 1. The van der Waals surface area contributed by atoms with Crippen LogP contribution in [0.25, 0.3) is 0 Å². The second-order valence-corrected chi connectivity index (χ2v) is 1.92. The van der Waals surface area contributed by atoms with Crippen molar-refractivity contribution in [2.24, 2.45) is 0 Å². The van der Waals surface area contributed by atoms with Crippen molar-refractivity contribution < 1.29 is 4.79 Å². The number of hydrogen-bond acceptors (Lipinski definition) is 1. The van der Waals surface area contributed by atoms with Crippen molar-refractivity contribution in [2.75, 3.05) is 13.1 Å². The molecule has 2 nitrogen and oxygen atoms in total. The van der Waals surface area contributed by atoms with Crippen LogP contribution < -0.4 is 0 Å². The van der Waals surface area contributed by atoms with E-state index in [1.807, 2.05) is 13.8 Å². The molecule has 0 aromatic rings.